The lowest BCUT2D eigenvalue weighted by Crippen LogP contribution is -2.61. The highest BCUT2D eigenvalue weighted by molar-refractivity contribution is 6.21. The van der Waals surface area contributed by atoms with Crippen LogP contribution in [0.15, 0.2) is 4.99 Å². The third-order valence-electron chi connectivity index (χ3n) is 10.3. The van der Waals surface area contributed by atoms with Crippen molar-refractivity contribution in [3.63, 3.8) is 0 Å². The summed E-state index contributed by atoms with van der Waals surface area (Å²) >= 11 is 7.13. The number of carbonyl (C=O) groups excluding carboxylic acids is 2. The van der Waals surface area contributed by atoms with E-state index in [-0.39, 0.29) is 66.1 Å². The summed E-state index contributed by atoms with van der Waals surface area (Å²) in [7, 11) is 3.58. The lowest BCUT2D eigenvalue weighted by Gasteiger charge is -2.45. The molecular weight excluding hydrogens is 544 g/mol. The molecule has 232 valence electrons. The predicted molar refractivity (Wildman–Crippen MR) is 159 cm³/mol. The second kappa shape index (κ2) is 13.9. The molecule has 41 heavy (non-hydrogen) atoms. The fraction of sp³-hybridized carbons (Fsp3) is 0.903. The number of amidine groups is 1. The van der Waals surface area contributed by atoms with Crippen molar-refractivity contribution in [3.8, 4) is 0 Å². The zero-order chi connectivity index (χ0) is 29.1. The molecule has 3 saturated carbocycles. The number of piperazine rings is 1. The molecule has 7 atom stereocenters. The van der Waals surface area contributed by atoms with Crippen LogP contribution in [0.1, 0.15) is 84.5 Å². The number of aliphatic imine (C=N–C) groups is 1. The van der Waals surface area contributed by atoms with Gasteiger partial charge in [-0.05, 0) is 77.0 Å². The van der Waals surface area contributed by atoms with Crippen LogP contribution in [-0.4, -0.2) is 103 Å². The van der Waals surface area contributed by atoms with Crippen molar-refractivity contribution in [1.82, 2.24) is 15.1 Å². The molecule has 2 aliphatic heterocycles. The van der Waals surface area contributed by atoms with Gasteiger partial charge in [0.25, 0.3) is 0 Å². The number of alkyl halides is 1. The summed E-state index contributed by atoms with van der Waals surface area (Å²) in [5, 5.41) is 2.88. The number of rotatable bonds is 7. The number of amides is 3. The molecule has 0 spiro atoms. The Labute approximate surface area is 251 Å². The van der Waals surface area contributed by atoms with Gasteiger partial charge in [-0.2, -0.15) is 0 Å². The van der Waals surface area contributed by atoms with Crippen LogP contribution in [0.5, 0.6) is 0 Å². The average Bonchev–Trinajstić information content (AvgIpc) is 3.36. The number of carbonyl (C=O) groups is 2. The van der Waals surface area contributed by atoms with E-state index < -0.39 is 0 Å². The first-order chi connectivity index (χ1) is 19.8. The minimum absolute atomic E-state index is 0.00503. The summed E-state index contributed by atoms with van der Waals surface area (Å²) in [6.45, 7) is 5.19. The van der Waals surface area contributed by atoms with Gasteiger partial charge in [0, 0.05) is 45.0 Å². The van der Waals surface area contributed by atoms with Crippen LogP contribution in [0.2, 0.25) is 0 Å². The largest absolute Gasteiger partial charge is 0.381 e. The lowest BCUT2D eigenvalue weighted by molar-refractivity contribution is -0.123. The molecule has 5 unspecified atom stereocenters. The standard InChI is InChI=1S/C31H51ClN4O5/c1-19(2)41-26-17-22(40-4)13-14-24(26)30-34-28(20-9-11-21(39-3)12-10-20)29(23-7-5-6-8-25(23)32)36(30)31(38)35-16-15-33-27(37)18-35/h19-26,28-29H,5-18H2,1-4H3,(H,33,37)/t20?,21?,22?,23?,24?,25?,26?,28-,29+/m1/s1. The highest BCUT2D eigenvalue weighted by Crippen LogP contribution is 2.45. The van der Waals surface area contributed by atoms with Crippen molar-refractivity contribution >= 4 is 29.4 Å². The monoisotopic (exact) mass is 594 g/mol. The van der Waals surface area contributed by atoms with Crippen molar-refractivity contribution in [2.24, 2.45) is 22.7 Å². The number of nitrogens with zero attached hydrogens (tertiary/aromatic N) is 3. The van der Waals surface area contributed by atoms with Crippen LogP contribution in [0.3, 0.4) is 0 Å². The van der Waals surface area contributed by atoms with Crippen molar-refractivity contribution in [1.29, 1.82) is 0 Å². The summed E-state index contributed by atoms with van der Waals surface area (Å²) in [5.41, 5.74) is 0. The Morgan fingerprint density at radius 2 is 1.71 bits per heavy atom. The van der Waals surface area contributed by atoms with E-state index in [4.69, 9.17) is 30.8 Å². The smallest absolute Gasteiger partial charge is 0.326 e. The number of hydrogen-bond donors (Lipinski definition) is 1. The Bertz CT molecular complexity index is 941. The summed E-state index contributed by atoms with van der Waals surface area (Å²) in [5.74, 6) is 1.28. The van der Waals surface area contributed by atoms with E-state index >= 15 is 0 Å². The van der Waals surface area contributed by atoms with Crippen molar-refractivity contribution in [2.75, 3.05) is 33.9 Å². The normalized spacial score (nSPS) is 38.6. The molecule has 0 radical (unpaired) electrons. The summed E-state index contributed by atoms with van der Waals surface area (Å²) < 4.78 is 18.0. The molecule has 2 heterocycles. The Morgan fingerprint density at radius 1 is 1.00 bits per heavy atom. The third-order valence-corrected chi connectivity index (χ3v) is 10.8. The predicted octanol–water partition coefficient (Wildman–Crippen LogP) is 4.60. The van der Waals surface area contributed by atoms with E-state index in [1.54, 1.807) is 19.1 Å². The van der Waals surface area contributed by atoms with Crippen LogP contribution < -0.4 is 5.32 Å². The van der Waals surface area contributed by atoms with Crippen molar-refractivity contribution in [2.45, 2.75) is 126 Å². The fourth-order valence-electron chi connectivity index (χ4n) is 8.15. The van der Waals surface area contributed by atoms with Gasteiger partial charge in [0.1, 0.15) is 12.4 Å². The minimum atomic E-state index is -0.109. The van der Waals surface area contributed by atoms with Gasteiger partial charge in [0.2, 0.25) is 5.91 Å². The highest BCUT2D eigenvalue weighted by atomic mass is 35.5. The topological polar surface area (TPSA) is 92.7 Å². The second-order valence-corrected chi connectivity index (χ2v) is 13.7. The first-order valence-corrected chi connectivity index (χ1v) is 16.5. The molecular formula is C31H51ClN4O5. The first kappa shape index (κ1) is 31.0. The molecule has 0 aromatic heterocycles. The maximum atomic E-state index is 14.6. The average molecular weight is 595 g/mol. The molecule has 0 bridgehead atoms. The molecule has 3 amide bonds. The molecule has 9 nitrogen and oxygen atoms in total. The van der Waals surface area contributed by atoms with Crippen LogP contribution in [0, 0.1) is 17.8 Å². The molecule has 1 N–H and O–H groups in total. The van der Waals surface area contributed by atoms with Crippen LogP contribution in [-0.2, 0) is 19.0 Å². The Balaban J connectivity index is 1.54. The van der Waals surface area contributed by atoms with Gasteiger partial charge in [-0.3, -0.25) is 14.7 Å². The Hall–Kier alpha value is -1.42. The molecule has 5 rings (SSSR count). The van der Waals surface area contributed by atoms with Crippen LogP contribution in [0.4, 0.5) is 4.79 Å². The molecule has 0 aromatic carbocycles. The highest BCUT2D eigenvalue weighted by Gasteiger charge is 2.53. The summed E-state index contributed by atoms with van der Waals surface area (Å²) in [6.07, 6.45) is 11.2. The van der Waals surface area contributed by atoms with E-state index in [0.29, 0.717) is 25.1 Å². The van der Waals surface area contributed by atoms with Crippen molar-refractivity contribution in [3.05, 3.63) is 0 Å². The van der Waals surface area contributed by atoms with Gasteiger partial charge < -0.3 is 24.4 Å². The second-order valence-electron chi connectivity index (χ2n) is 13.1. The fourth-order valence-corrected chi connectivity index (χ4v) is 8.58. The van der Waals surface area contributed by atoms with Gasteiger partial charge in [-0.25, -0.2) is 4.79 Å². The Morgan fingerprint density at radius 3 is 2.37 bits per heavy atom. The van der Waals surface area contributed by atoms with Gasteiger partial charge in [-0.1, -0.05) is 12.8 Å². The summed E-state index contributed by atoms with van der Waals surface area (Å²) in [4.78, 5) is 36.3. The number of hydrogen-bond acceptors (Lipinski definition) is 6. The van der Waals surface area contributed by atoms with E-state index in [0.717, 1.165) is 76.5 Å². The van der Waals surface area contributed by atoms with E-state index in [9.17, 15) is 9.59 Å². The first-order valence-electron chi connectivity index (χ1n) is 16.1. The molecule has 4 fully saturated rings. The number of nitrogens with one attached hydrogen (secondary N) is 1. The molecule has 0 aromatic rings. The van der Waals surface area contributed by atoms with E-state index in [1.165, 1.54) is 0 Å². The van der Waals surface area contributed by atoms with Crippen molar-refractivity contribution < 1.29 is 23.8 Å². The third kappa shape index (κ3) is 6.89. The Kier molecular flexibility index (Phi) is 10.5. The molecule has 1 saturated heterocycles. The van der Waals surface area contributed by atoms with Crippen LogP contribution >= 0.6 is 11.6 Å². The quantitative estimate of drug-likeness (QED) is 0.435. The van der Waals surface area contributed by atoms with E-state index in [1.807, 2.05) is 4.90 Å². The van der Waals surface area contributed by atoms with Gasteiger partial charge >= 0.3 is 6.03 Å². The molecule has 10 heteroatoms. The van der Waals surface area contributed by atoms with Crippen LogP contribution in [0.25, 0.3) is 0 Å². The lowest BCUT2D eigenvalue weighted by atomic mass is 9.73. The minimum Gasteiger partial charge on any atom is -0.381 e. The van der Waals surface area contributed by atoms with E-state index in [2.05, 4.69) is 19.2 Å². The van der Waals surface area contributed by atoms with Gasteiger partial charge in [0.05, 0.1) is 36.5 Å². The number of halogens is 1. The number of urea groups is 1. The zero-order valence-electron chi connectivity index (χ0n) is 25.4. The zero-order valence-corrected chi connectivity index (χ0v) is 26.2. The molecule has 5 aliphatic rings. The number of ether oxygens (including phenoxy) is 3. The summed E-state index contributed by atoms with van der Waals surface area (Å²) in [6, 6.07) is -0.202. The van der Waals surface area contributed by atoms with Gasteiger partial charge in [0.15, 0.2) is 0 Å². The maximum absolute atomic E-state index is 14.6. The SMILES string of the molecule is COC1CCC([C@H]2N=C(C3CCC(OC)CC3OC(C)C)N(C(=O)N3CCNC(=O)C3)[C@H]2C2CCCCC2Cl)CC1. The number of methoxy groups -OCH3 is 2. The maximum Gasteiger partial charge on any atom is 0.326 e. The van der Waals surface area contributed by atoms with Gasteiger partial charge in [-0.15, -0.1) is 11.6 Å². The molecule has 3 aliphatic carbocycles.